The molecule has 5 nitrogen and oxygen atoms in total. The lowest BCUT2D eigenvalue weighted by Gasteiger charge is -2.40. The Morgan fingerprint density at radius 2 is 1.59 bits per heavy atom. The molecule has 2 aromatic carbocycles. The zero-order valence-electron chi connectivity index (χ0n) is 26.4. The van der Waals surface area contributed by atoms with Crippen molar-refractivity contribution >= 4 is 5.69 Å². The van der Waals surface area contributed by atoms with Gasteiger partial charge in [-0.25, -0.2) is 0 Å². The number of nitrogens with two attached hydrogens (primary N) is 2. The molecule has 41 heavy (non-hydrogen) atoms. The topological polar surface area (TPSA) is 93.5 Å². The molecule has 0 bridgehead atoms. The monoisotopic (exact) mass is 563 g/mol. The Bertz CT molecular complexity index is 1030. The van der Waals surface area contributed by atoms with Crippen LogP contribution >= 0.6 is 0 Å². The van der Waals surface area contributed by atoms with Gasteiger partial charge in [0.15, 0.2) is 0 Å². The van der Waals surface area contributed by atoms with E-state index in [9.17, 15) is 5.11 Å². The zero-order valence-corrected chi connectivity index (χ0v) is 26.4. The molecule has 6 N–H and O–H groups in total. The molecule has 1 heterocycles. The second-order valence-electron chi connectivity index (χ2n) is 11.1. The number of aromatic hydroxyl groups is 1. The smallest absolute Gasteiger partial charge is 0.123 e. The third-order valence-corrected chi connectivity index (χ3v) is 8.07. The van der Waals surface area contributed by atoms with Gasteiger partial charge in [-0.15, -0.1) is 0 Å². The molecule has 1 unspecified atom stereocenters. The predicted octanol–water partition coefficient (Wildman–Crippen LogP) is 8.04. The standard InChI is InChI=1S/C18H27NO.C16H24N2O.C2H6/c1-2-6-15(11-14-19)18(12-4-3-5-13-18)16-7-9-17(20)10-8-16;1-3-4-16(19-15-10-18-11-15)12(2)9-13-5-7-14(17)8-6-13;1-2/h6-10,20H,2-5,11-14,19H2,1H3;4-8,12,15,18H,3,9-11,17H2,1-2H3;1-2H3/b15-6+;16-4-;. The SMILES string of the molecule is CC.CC/C=C(\CCN)C1(c2ccc(O)cc2)CCCCC1.CC/C=C(\OC1CNC1)C(C)Cc1ccc(N)cc1. The quantitative estimate of drug-likeness (QED) is 0.126. The van der Waals surface area contributed by atoms with Gasteiger partial charge in [0.25, 0.3) is 0 Å². The normalized spacial score (nSPS) is 17.7. The van der Waals surface area contributed by atoms with E-state index >= 15 is 0 Å². The highest BCUT2D eigenvalue weighted by Gasteiger charge is 2.36. The first-order chi connectivity index (χ1) is 19.9. The lowest BCUT2D eigenvalue weighted by atomic mass is 9.64. The molecule has 1 atom stereocenters. The third-order valence-electron chi connectivity index (χ3n) is 8.07. The molecule has 0 spiro atoms. The van der Waals surface area contributed by atoms with Gasteiger partial charge in [-0.1, -0.05) is 89.8 Å². The Labute approximate surface area is 250 Å². The molecule has 0 radical (unpaired) electrons. The van der Waals surface area contributed by atoms with Crippen LogP contribution in [0.25, 0.3) is 0 Å². The van der Waals surface area contributed by atoms with Crippen molar-refractivity contribution in [1.82, 2.24) is 5.32 Å². The predicted molar refractivity (Wildman–Crippen MR) is 176 cm³/mol. The Morgan fingerprint density at radius 3 is 2.10 bits per heavy atom. The highest BCUT2D eigenvalue weighted by molar-refractivity contribution is 5.40. The minimum atomic E-state index is 0.154. The minimum Gasteiger partial charge on any atom is -0.508 e. The van der Waals surface area contributed by atoms with Crippen LogP contribution in [-0.2, 0) is 16.6 Å². The van der Waals surface area contributed by atoms with Gasteiger partial charge >= 0.3 is 0 Å². The number of phenols is 1. The largest absolute Gasteiger partial charge is 0.508 e. The van der Waals surface area contributed by atoms with E-state index in [0.717, 1.165) is 50.2 Å². The number of ether oxygens (including phenoxy) is 1. The summed E-state index contributed by atoms with van der Waals surface area (Å²) in [6.45, 7) is 13.2. The minimum absolute atomic E-state index is 0.154. The summed E-state index contributed by atoms with van der Waals surface area (Å²) in [5.41, 5.74) is 16.7. The molecule has 1 aliphatic carbocycles. The van der Waals surface area contributed by atoms with Crippen LogP contribution in [0.2, 0.25) is 0 Å². The first-order valence-electron chi connectivity index (χ1n) is 16.0. The Kier molecular flexibility index (Phi) is 15.6. The molecule has 2 aliphatic rings. The first-order valence-corrected chi connectivity index (χ1v) is 16.0. The van der Waals surface area contributed by atoms with Gasteiger partial charge < -0.3 is 26.6 Å². The van der Waals surface area contributed by atoms with E-state index in [1.54, 1.807) is 0 Å². The molecule has 1 saturated carbocycles. The number of nitrogen functional groups attached to an aromatic ring is 1. The summed E-state index contributed by atoms with van der Waals surface area (Å²) in [5, 5.41) is 12.8. The van der Waals surface area contributed by atoms with E-state index in [1.807, 2.05) is 38.1 Å². The number of rotatable bonds is 11. The summed E-state index contributed by atoms with van der Waals surface area (Å²) in [4.78, 5) is 0. The van der Waals surface area contributed by atoms with Crippen LogP contribution in [0.1, 0.15) is 97.1 Å². The number of nitrogens with one attached hydrogen (secondary N) is 1. The van der Waals surface area contributed by atoms with Crippen molar-refractivity contribution in [3.8, 4) is 5.75 Å². The molecule has 0 aromatic heterocycles. The first kappa shape index (κ1) is 34.4. The van der Waals surface area contributed by atoms with Gasteiger partial charge in [0.05, 0.1) is 5.76 Å². The van der Waals surface area contributed by atoms with Gasteiger partial charge in [0, 0.05) is 30.1 Å². The fourth-order valence-corrected chi connectivity index (χ4v) is 5.88. The number of benzene rings is 2. The molecule has 1 aliphatic heterocycles. The summed E-state index contributed by atoms with van der Waals surface area (Å²) in [7, 11) is 0. The van der Waals surface area contributed by atoms with Crippen LogP contribution in [0.3, 0.4) is 0 Å². The lowest BCUT2D eigenvalue weighted by Crippen LogP contribution is -2.48. The maximum atomic E-state index is 9.55. The Balaban J connectivity index is 0.000000271. The summed E-state index contributed by atoms with van der Waals surface area (Å²) < 4.78 is 6.06. The summed E-state index contributed by atoms with van der Waals surface area (Å²) in [6, 6.07) is 15.9. The van der Waals surface area contributed by atoms with Gasteiger partial charge in [0.1, 0.15) is 11.9 Å². The number of hydrogen-bond donors (Lipinski definition) is 4. The van der Waals surface area contributed by atoms with Gasteiger partial charge in [-0.05, 0) is 86.5 Å². The van der Waals surface area contributed by atoms with E-state index in [2.05, 4.69) is 62.5 Å². The maximum absolute atomic E-state index is 9.55. The lowest BCUT2D eigenvalue weighted by molar-refractivity contribution is 0.0546. The van der Waals surface area contributed by atoms with Gasteiger partial charge in [0.2, 0.25) is 0 Å². The van der Waals surface area contributed by atoms with Crippen LogP contribution in [-0.4, -0.2) is 30.8 Å². The number of allylic oxidation sites excluding steroid dienone is 3. The molecule has 2 fully saturated rings. The highest BCUT2D eigenvalue weighted by Crippen LogP contribution is 2.46. The van der Waals surface area contributed by atoms with Crippen LogP contribution in [0.15, 0.2) is 72.0 Å². The summed E-state index contributed by atoms with van der Waals surface area (Å²) in [6.07, 6.45) is 15.3. The fourth-order valence-electron chi connectivity index (χ4n) is 5.88. The average Bonchev–Trinajstić information content (AvgIpc) is 2.97. The molecular formula is C36H57N3O2. The van der Waals surface area contributed by atoms with Crippen molar-refractivity contribution in [2.24, 2.45) is 11.7 Å². The third kappa shape index (κ3) is 10.5. The molecule has 1 saturated heterocycles. The van der Waals surface area contributed by atoms with Crippen molar-refractivity contribution in [1.29, 1.82) is 0 Å². The molecule has 228 valence electrons. The zero-order chi connectivity index (χ0) is 30.1. The van der Waals surface area contributed by atoms with E-state index in [-0.39, 0.29) is 5.41 Å². The second-order valence-corrected chi connectivity index (χ2v) is 11.1. The van der Waals surface area contributed by atoms with Crippen LogP contribution in [0, 0.1) is 5.92 Å². The number of hydrogen-bond acceptors (Lipinski definition) is 5. The number of phenolic OH excluding ortho intramolecular Hbond substituents is 1. The Hall–Kier alpha value is -2.76. The van der Waals surface area contributed by atoms with Crippen molar-refractivity contribution in [3.05, 3.63) is 83.1 Å². The van der Waals surface area contributed by atoms with Crippen molar-refractivity contribution in [2.45, 2.75) is 104 Å². The van der Waals surface area contributed by atoms with Crippen molar-refractivity contribution in [2.75, 3.05) is 25.4 Å². The summed E-state index contributed by atoms with van der Waals surface area (Å²) in [5.74, 6) is 1.88. The molecule has 0 amide bonds. The van der Waals surface area contributed by atoms with Crippen LogP contribution < -0.4 is 16.8 Å². The summed E-state index contributed by atoms with van der Waals surface area (Å²) >= 11 is 0. The van der Waals surface area contributed by atoms with E-state index in [1.165, 1.54) is 48.8 Å². The molecular weight excluding hydrogens is 506 g/mol. The Morgan fingerprint density at radius 1 is 0.976 bits per heavy atom. The second kappa shape index (κ2) is 18.6. The maximum Gasteiger partial charge on any atom is 0.123 e. The van der Waals surface area contributed by atoms with Crippen molar-refractivity contribution < 1.29 is 9.84 Å². The van der Waals surface area contributed by atoms with E-state index in [0.29, 0.717) is 24.3 Å². The van der Waals surface area contributed by atoms with Gasteiger partial charge in [-0.2, -0.15) is 0 Å². The van der Waals surface area contributed by atoms with Crippen LogP contribution in [0.4, 0.5) is 5.69 Å². The van der Waals surface area contributed by atoms with E-state index < -0.39 is 0 Å². The number of anilines is 1. The fraction of sp³-hybridized carbons (Fsp3) is 0.556. The van der Waals surface area contributed by atoms with Crippen molar-refractivity contribution in [3.63, 3.8) is 0 Å². The highest BCUT2D eigenvalue weighted by atomic mass is 16.5. The molecule has 2 aromatic rings. The van der Waals surface area contributed by atoms with Gasteiger partial charge in [-0.3, -0.25) is 0 Å². The molecule has 4 rings (SSSR count). The van der Waals surface area contributed by atoms with Crippen LogP contribution in [0.5, 0.6) is 5.75 Å². The average molecular weight is 564 g/mol. The molecule has 5 heteroatoms. The van der Waals surface area contributed by atoms with E-state index in [4.69, 9.17) is 16.2 Å².